The topological polar surface area (TPSA) is 48.6 Å². The van der Waals surface area contributed by atoms with E-state index in [0.717, 1.165) is 6.29 Å². The lowest BCUT2D eigenvalue weighted by Gasteiger charge is -1.76. The van der Waals surface area contributed by atoms with Gasteiger partial charge in [-0.05, 0) is 6.42 Å². The fourth-order valence-electron chi connectivity index (χ4n) is 0.160. The quantitative estimate of drug-likeness (QED) is 0.374. The van der Waals surface area contributed by atoms with Crippen molar-refractivity contribution in [2.24, 2.45) is 0 Å². The molecule has 0 saturated carbocycles. The first-order valence-corrected chi connectivity index (χ1v) is 1.91. The first kappa shape index (κ1) is 9.75. The molecule has 0 spiro atoms. The van der Waals surface area contributed by atoms with Crippen LogP contribution in [0.4, 0.5) is 4.39 Å². The summed E-state index contributed by atoms with van der Waals surface area (Å²) in [4.78, 5) is 9.40. The van der Waals surface area contributed by atoms with Crippen molar-refractivity contribution in [2.75, 3.05) is 6.67 Å². The summed E-state index contributed by atoms with van der Waals surface area (Å²) >= 11 is 0. The summed E-state index contributed by atoms with van der Waals surface area (Å²) in [6.07, 6.45) is 1.46. The fourth-order valence-corrected chi connectivity index (χ4v) is 0.160. The van der Waals surface area contributed by atoms with Gasteiger partial charge in [-0.2, -0.15) is 0 Å². The Labute approximate surface area is 41.6 Å². The third-order valence-electron chi connectivity index (χ3n) is 0.456. The van der Waals surface area contributed by atoms with E-state index in [9.17, 15) is 9.18 Å². The number of alkyl halides is 1. The Hall–Kier alpha value is -0.440. The number of hydrogen-bond donors (Lipinski definition) is 0. The van der Waals surface area contributed by atoms with Crippen LogP contribution in [0.25, 0.3) is 0 Å². The van der Waals surface area contributed by atoms with Crippen molar-refractivity contribution in [2.45, 2.75) is 12.8 Å². The van der Waals surface area contributed by atoms with Crippen LogP contribution in [0.3, 0.4) is 0 Å². The van der Waals surface area contributed by atoms with Gasteiger partial charge in [-0.15, -0.1) is 0 Å². The molecule has 0 bridgehead atoms. The van der Waals surface area contributed by atoms with Gasteiger partial charge in [0.25, 0.3) is 0 Å². The summed E-state index contributed by atoms with van der Waals surface area (Å²) in [6.45, 7) is -0.376. The predicted octanol–water partition coefficient (Wildman–Crippen LogP) is 0.110. The third kappa shape index (κ3) is 10.8. The van der Waals surface area contributed by atoms with E-state index in [2.05, 4.69) is 0 Å². The highest BCUT2D eigenvalue weighted by Crippen LogP contribution is 1.81. The number of unbranched alkanes of at least 4 members (excludes halogenated alkanes) is 1. The lowest BCUT2D eigenvalue weighted by molar-refractivity contribution is -0.108. The zero-order chi connectivity index (χ0) is 4.83. The molecular weight excluding hydrogens is 99.0 g/mol. The highest BCUT2D eigenvalue weighted by molar-refractivity contribution is 5.48. The Morgan fingerprint density at radius 2 is 2.14 bits per heavy atom. The molecule has 0 aromatic heterocycles. The Balaban J connectivity index is 0. The fraction of sp³-hybridized carbons (Fsp3) is 0.750. The minimum Gasteiger partial charge on any atom is -0.412 e. The van der Waals surface area contributed by atoms with Gasteiger partial charge < -0.3 is 10.3 Å². The molecule has 0 unspecified atom stereocenters. The van der Waals surface area contributed by atoms with E-state index in [-0.39, 0.29) is 12.2 Å². The number of rotatable bonds is 3. The number of aldehydes is 1. The molecule has 0 aliphatic heterocycles. The van der Waals surface area contributed by atoms with Crippen molar-refractivity contribution in [3.8, 4) is 0 Å². The molecule has 0 radical (unpaired) electrons. The third-order valence-corrected chi connectivity index (χ3v) is 0.456. The SMILES string of the molecule is O.O=CCCCF. The van der Waals surface area contributed by atoms with Crippen LogP contribution in [0.2, 0.25) is 0 Å². The Kier molecular flexibility index (Phi) is 12.7. The number of carbonyl (C=O) groups excluding carboxylic acids is 1. The van der Waals surface area contributed by atoms with Gasteiger partial charge in [-0.1, -0.05) is 0 Å². The summed E-state index contributed by atoms with van der Waals surface area (Å²) < 4.78 is 11.0. The van der Waals surface area contributed by atoms with E-state index in [1.165, 1.54) is 0 Å². The molecule has 2 nitrogen and oxygen atoms in total. The Bertz CT molecular complexity index is 38.7. The van der Waals surface area contributed by atoms with Crippen LogP contribution in [0.5, 0.6) is 0 Å². The molecule has 0 aliphatic carbocycles. The zero-order valence-corrected chi connectivity index (χ0v) is 3.98. The molecule has 0 aromatic carbocycles. The van der Waals surface area contributed by atoms with E-state index >= 15 is 0 Å². The molecule has 0 fully saturated rings. The van der Waals surface area contributed by atoms with Crippen LogP contribution >= 0.6 is 0 Å². The Morgan fingerprint density at radius 1 is 1.57 bits per heavy atom. The normalized spacial score (nSPS) is 7.00. The smallest absolute Gasteiger partial charge is 0.120 e. The first-order chi connectivity index (χ1) is 2.91. The molecule has 0 saturated heterocycles. The first-order valence-electron chi connectivity index (χ1n) is 1.91. The second kappa shape index (κ2) is 9.12. The maximum atomic E-state index is 11.0. The van der Waals surface area contributed by atoms with Crippen molar-refractivity contribution >= 4 is 6.29 Å². The molecule has 0 amide bonds. The molecule has 0 aliphatic rings. The summed E-state index contributed by atoms with van der Waals surface area (Å²) in [5.74, 6) is 0. The lowest BCUT2D eigenvalue weighted by Crippen LogP contribution is -1.75. The van der Waals surface area contributed by atoms with Gasteiger partial charge in [-0.3, -0.25) is 4.39 Å². The summed E-state index contributed by atoms with van der Waals surface area (Å²) in [7, 11) is 0. The van der Waals surface area contributed by atoms with Gasteiger partial charge in [0.05, 0.1) is 6.67 Å². The minimum absolute atomic E-state index is 0. The van der Waals surface area contributed by atoms with Gasteiger partial charge in [0.2, 0.25) is 0 Å². The second-order valence-corrected chi connectivity index (χ2v) is 0.998. The molecule has 0 aromatic rings. The molecule has 3 heteroatoms. The summed E-state index contributed by atoms with van der Waals surface area (Å²) in [5, 5.41) is 0. The van der Waals surface area contributed by atoms with Crippen molar-refractivity contribution in [3.63, 3.8) is 0 Å². The van der Waals surface area contributed by atoms with E-state index < -0.39 is 0 Å². The van der Waals surface area contributed by atoms with Gasteiger partial charge in [0, 0.05) is 6.42 Å². The lowest BCUT2D eigenvalue weighted by atomic mass is 10.4. The largest absolute Gasteiger partial charge is 0.412 e. The van der Waals surface area contributed by atoms with Crippen LogP contribution < -0.4 is 0 Å². The van der Waals surface area contributed by atoms with Crippen molar-refractivity contribution in [3.05, 3.63) is 0 Å². The van der Waals surface area contributed by atoms with E-state index in [1.54, 1.807) is 0 Å². The predicted molar refractivity (Wildman–Crippen MR) is 24.9 cm³/mol. The summed E-state index contributed by atoms with van der Waals surface area (Å²) in [5.41, 5.74) is 0. The molecule has 44 valence electrons. The number of carbonyl (C=O) groups is 1. The molecule has 0 rings (SSSR count). The van der Waals surface area contributed by atoms with Gasteiger partial charge >= 0.3 is 0 Å². The molecule has 7 heavy (non-hydrogen) atoms. The molecule has 0 atom stereocenters. The van der Waals surface area contributed by atoms with Gasteiger partial charge in [0.15, 0.2) is 0 Å². The van der Waals surface area contributed by atoms with Gasteiger partial charge in [0.1, 0.15) is 6.29 Å². The minimum atomic E-state index is -0.376. The average Bonchev–Trinajstić information content (AvgIpc) is 1.61. The van der Waals surface area contributed by atoms with E-state index in [0.29, 0.717) is 12.8 Å². The number of halogens is 1. The molecular formula is C4H9FO2. The average molecular weight is 108 g/mol. The monoisotopic (exact) mass is 108 g/mol. The van der Waals surface area contributed by atoms with Gasteiger partial charge in [-0.25, -0.2) is 0 Å². The highest BCUT2D eigenvalue weighted by atomic mass is 19.1. The molecule has 2 N–H and O–H groups in total. The molecule has 0 heterocycles. The standard InChI is InChI=1S/C4H7FO.H2O/c5-3-1-2-4-6;/h4H,1-3H2;1H2. The maximum absolute atomic E-state index is 11.0. The second-order valence-electron chi connectivity index (χ2n) is 0.998. The van der Waals surface area contributed by atoms with Crippen molar-refractivity contribution in [1.29, 1.82) is 0 Å². The van der Waals surface area contributed by atoms with E-state index in [4.69, 9.17) is 0 Å². The van der Waals surface area contributed by atoms with Crippen LogP contribution in [-0.2, 0) is 4.79 Å². The van der Waals surface area contributed by atoms with Crippen LogP contribution in [0.1, 0.15) is 12.8 Å². The van der Waals surface area contributed by atoms with Crippen molar-refractivity contribution in [1.82, 2.24) is 0 Å². The maximum Gasteiger partial charge on any atom is 0.120 e. The van der Waals surface area contributed by atoms with Crippen molar-refractivity contribution < 1.29 is 14.7 Å². The van der Waals surface area contributed by atoms with Crippen LogP contribution in [0, 0.1) is 0 Å². The zero-order valence-electron chi connectivity index (χ0n) is 3.98. The summed E-state index contributed by atoms with van der Waals surface area (Å²) in [6, 6.07) is 0. The van der Waals surface area contributed by atoms with Crippen LogP contribution in [0.15, 0.2) is 0 Å². The highest BCUT2D eigenvalue weighted by Gasteiger charge is 1.77. The Morgan fingerprint density at radius 3 is 2.29 bits per heavy atom. The van der Waals surface area contributed by atoms with Crippen LogP contribution in [-0.4, -0.2) is 18.4 Å². The number of hydrogen-bond acceptors (Lipinski definition) is 1. The van der Waals surface area contributed by atoms with E-state index in [1.807, 2.05) is 0 Å².